The Labute approximate surface area is 118 Å². The summed E-state index contributed by atoms with van der Waals surface area (Å²) in [6.07, 6.45) is -3.86. The number of aliphatic hydroxyl groups excluding tert-OH is 1. The second kappa shape index (κ2) is 5.84. The van der Waals surface area contributed by atoms with Gasteiger partial charge in [0.2, 0.25) is 0 Å². The van der Waals surface area contributed by atoms with E-state index < -0.39 is 49.7 Å². The highest BCUT2D eigenvalue weighted by Crippen LogP contribution is 2.37. The topological polar surface area (TPSA) is 151 Å². The van der Waals surface area contributed by atoms with Crippen molar-refractivity contribution in [3.63, 3.8) is 0 Å². The lowest BCUT2D eigenvalue weighted by Gasteiger charge is -2.19. The molecule has 0 aliphatic carbocycles. The Balaban J connectivity index is 2.19. The van der Waals surface area contributed by atoms with E-state index in [9.17, 15) is 19.3 Å². The molecule has 0 bridgehead atoms. The molecule has 0 aromatic carbocycles. The van der Waals surface area contributed by atoms with E-state index in [1.807, 2.05) is 4.98 Å². The fourth-order valence-corrected chi connectivity index (χ4v) is 2.46. The molecule has 118 valence electrons. The third-order valence-electron chi connectivity index (χ3n) is 3.01. The van der Waals surface area contributed by atoms with Gasteiger partial charge in [0.15, 0.2) is 6.23 Å². The monoisotopic (exact) mass is 322 g/mol. The smallest absolute Gasteiger partial charge is 0.350 e. The minimum Gasteiger partial charge on any atom is -0.386 e. The summed E-state index contributed by atoms with van der Waals surface area (Å²) in [6.45, 7) is 1.53. The lowest BCUT2D eigenvalue weighted by Crippen LogP contribution is -2.38. The van der Waals surface area contributed by atoms with Crippen molar-refractivity contribution in [3.8, 4) is 0 Å². The Bertz CT molecular complexity index is 664. The first-order chi connectivity index (χ1) is 9.69. The average Bonchev–Trinajstić information content (AvgIpc) is 2.61. The molecule has 1 aromatic heterocycles. The van der Waals surface area contributed by atoms with Crippen molar-refractivity contribution in [1.29, 1.82) is 0 Å². The van der Waals surface area contributed by atoms with Gasteiger partial charge in [-0.3, -0.25) is 18.9 Å². The normalized spacial score (nSPS) is 29.7. The molecule has 1 aliphatic rings. The molecular weight excluding hydrogens is 307 g/mol. The van der Waals surface area contributed by atoms with E-state index in [1.165, 1.54) is 6.92 Å². The Hall–Kier alpha value is -1.29. The molecule has 4 atom stereocenters. The second-order valence-corrected chi connectivity index (χ2v) is 6.25. The van der Waals surface area contributed by atoms with Crippen molar-refractivity contribution >= 4 is 7.60 Å². The molecule has 2 rings (SSSR count). The minimum absolute atomic E-state index is 0.592. The van der Waals surface area contributed by atoms with Crippen LogP contribution in [-0.4, -0.2) is 49.1 Å². The molecule has 1 fully saturated rings. The lowest BCUT2D eigenvalue weighted by atomic mass is 10.1. The summed E-state index contributed by atoms with van der Waals surface area (Å²) < 4.78 is 22.1. The van der Waals surface area contributed by atoms with Gasteiger partial charge >= 0.3 is 13.3 Å². The summed E-state index contributed by atoms with van der Waals surface area (Å²) in [5.41, 5.74) is -1.36. The van der Waals surface area contributed by atoms with Gasteiger partial charge < -0.3 is 24.4 Å². The van der Waals surface area contributed by atoms with Gasteiger partial charge in [-0.25, -0.2) is 4.79 Å². The Morgan fingerprint density at radius 2 is 2.14 bits per heavy atom. The van der Waals surface area contributed by atoms with Gasteiger partial charge in [-0.15, -0.1) is 0 Å². The van der Waals surface area contributed by atoms with Crippen molar-refractivity contribution in [2.45, 2.75) is 31.5 Å². The number of rotatable bonds is 4. The molecule has 0 spiro atoms. The first-order valence-electron chi connectivity index (χ1n) is 6.00. The number of H-pyrrole nitrogens is 1. The lowest BCUT2D eigenvalue weighted by molar-refractivity contribution is -0.0358. The van der Waals surface area contributed by atoms with Gasteiger partial charge in [0.1, 0.15) is 18.6 Å². The van der Waals surface area contributed by atoms with Crippen molar-refractivity contribution in [3.05, 3.63) is 33.1 Å². The van der Waals surface area contributed by atoms with E-state index in [1.54, 1.807) is 0 Å². The summed E-state index contributed by atoms with van der Waals surface area (Å²) in [6, 6.07) is 1.09. The van der Waals surface area contributed by atoms with E-state index in [-0.39, 0.29) is 0 Å². The van der Waals surface area contributed by atoms with Crippen molar-refractivity contribution < 1.29 is 28.9 Å². The number of aromatic nitrogens is 2. The highest BCUT2D eigenvalue weighted by molar-refractivity contribution is 7.51. The third-order valence-corrected chi connectivity index (χ3v) is 3.49. The minimum atomic E-state index is -4.38. The standard InChI is InChI=1S/C10H15N2O8P/c1-5-8(19-4-21(16,17)18)7(14)9(20-5)12-3-2-6(13)11-10(12)15/h2-3,5,7-9,14H,4H2,1H3,(H,11,13,15)(H2,16,17,18)/t5-,7-,8+,9-/m1/s1. The molecule has 21 heavy (non-hydrogen) atoms. The summed E-state index contributed by atoms with van der Waals surface area (Å²) in [4.78, 5) is 42.2. The number of ether oxygens (including phenoxy) is 2. The molecule has 0 unspecified atom stereocenters. The first-order valence-corrected chi connectivity index (χ1v) is 7.80. The van der Waals surface area contributed by atoms with Crippen molar-refractivity contribution in [2.24, 2.45) is 0 Å². The van der Waals surface area contributed by atoms with Crippen LogP contribution in [0.25, 0.3) is 0 Å². The molecule has 1 aliphatic heterocycles. The van der Waals surface area contributed by atoms with E-state index in [4.69, 9.17) is 19.3 Å². The Morgan fingerprint density at radius 1 is 1.48 bits per heavy atom. The van der Waals surface area contributed by atoms with Crippen LogP contribution in [0.4, 0.5) is 0 Å². The zero-order valence-corrected chi connectivity index (χ0v) is 11.8. The Morgan fingerprint density at radius 3 is 2.71 bits per heavy atom. The largest absolute Gasteiger partial charge is 0.386 e. The number of hydrogen-bond donors (Lipinski definition) is 4. The zero-order chi connectivity index (χ0) is 15.8. The molecule has 1 aromatic rings. The van der Waals surface area contributed by atoms with E-state index in [2.05, 4.69) is 0 Å². The number of hydrogen-bond acceptors (Lipinski definition) is 6. The van der Waals surface area contributed by atoms with Crippen LogP contribution in [0.3, 0.4) is 0 Å². The third kappa shape index (κ3) is 3.67. The zero-order valence-electron chi connectivity index (χ0n) is 10.9. The molecular formula is C10H15N2O8P. The Kier molecular flexibility index (Phi) is 4.47. The fraction of sp³-hybridized carbons (Fsp3) is 0.600. The summed E-state index contributed by atoms with van der Waals surface area (Å²) in [5.74, 6) is 0. The predicted octanol–water partition coefficient (Wildman–Crippen LogP) is -1.66. The van der Waals surface area contributed by atoms with Crippen molar-refractivity contribution in [1.82, 2.24) is 9.55 Å². The molecule has 0 saturated carbocycles. The first kappa shape index (κ1) is 16.1. The SMILES string of the molecule is C[C@H]1O[C@@H](n2ccc(=O)[nH]c2=O)[C@H](O)[C@H]1OCP(=O)(O)O. The van der Waals surface area contributed by atoms with Crippen molar-refractivity contribution in [2.75, 3.05) is 6.35 Å². The van der Waals surface area contributed by atoms with Crippen LogP contribution in [0.1, 0.15) is 13.2 Å². The van der Waals surface area contributed by atoms with Gasteiger partial charge in [-0.05, 0) is 6.92 Å². The van der Waals surface area contributed by atoms with Crippen LogP contribution in [0.15, 0.2) is 21.9 Å². The van der Waals surface area contributed by atoms with E-state index in [0.29, 0.717) is 0 Å². The molecule has 0 amide bonds. The highest BCUT2D eigenvalue weighted by atomic mass is 31.2. The maximum atomic E-state index is 11.7. The molecule has 2 heterocycles. The fourth-order valence-electron chi connectivity index (χ4n) is 2.09. The highest BCUT2D eigenvalue weighted by Gasteiger charge is 2.44. The van der Waals surface area contributed by atoms with Crippen LogP contribution in [0, 0.1) is 0 Å². The summed E-state index contributed by atoms with van der Waals surface area (Å²) in [7, 11) is -4.38. The molecule has 4 N–H and O–H groups in total. The van der Waals surface area contributed by atoms with Crippen LogP contribution in [0.5, 0.6) is 0 Å². The summed E-state index contributed by atoms with van der Waals surface area (Å²) in [5, 5.41) is 10.1. The quantitative estimate of drug-likeness (QED) is 0.481. The molecule has 0 radical (unpaired) electrons. The van der Waals surface area contributed by atoms with Gasteiger partial charge in [-0.1, -0.05) is 0 Å². The van der Waals surface area contributed by atoms with Gasteiger partial charge in [0.25, 0.3) is 5.56 Å². The van der Waals surface area contributed by atoms with Gasteiger partial charge in [0, 0.05) is 12.3 Å². The van der Waals surface area contributed by atoms with Gasteiger partial charge in [-0.2, -0.15) is 0 Å². The number of nitrogens with zero attached hydrogens (tertiary/aromatic N) is 1. The maximum Gasteiger partial charge on any atom is 0.350 e. The number of nitrogens with one attached hydrogen (secondary N) is 1. The van der Waals surface area contributed by atoms with Gasteiger partial charge in [0.05, 0.1) is 6.10 Å². The van der Waals surface area contributed by atoms with E-state index in [0.717, 1.165) is 16.8 Å². The maximum absolute atomic E-state index is 11.7. The number of aromatic amines is 1. The second-order valence-electron chi connectivity index (χ2n) is 4.66. The predicted molar refractivity (Wildman–Crippen MR) is 68.7 cm³/mol. The van der Waals surface area contributed by atoms with Crippen LogP contribution < -0.4 is 11.2 Å². The van der Waals surface area contributed by atoms with E-state index >= 15 is 0 Å². The van der Waals surface area contributed by atoms with Crippen LogP contribution >= 0.6 is 7.60 Å². The molecule has 11 heteroatoms. The van der Waals surface area contributed by atoms with Crippen LogP contribution in [-0.2, 0) is 14.0 Å². The molecule has 1 saturated heterocycles. The number of aliphatic hydroxyl groups is 1. The average molecular weight is 322 g/mol. The molecule has 10 nitrogen and oxygen atoms in total. The summed E-state index contributed by atoms with van der Waals surface area (Å²) >= 11 is 0. The van der Waals surface area contributed by atoms with Crippen LogP contribution in [0.2, 0.25) is 0 Å².